The molecule has 3 aliphatic rings. The van der Waals surface area contributed by atoms with E-state index in [4.69, 9.17) is 5.73 Å². The molecule has 3 aliphatic carbocycles. The Hall–Kier alpha value is -2.16. The van der Waals surface area contributed by atoms with Crippen LogP contribution in [0.15, 0.2) is 18.2 Å². The number of aromatic amines is 1. The maximum Gasteiger partial charge on any atom is 0.248 e. The van der Waals surface area contributed by atoms with Crippen LogP contribution in [-0.4, -0.2) is 27.7 Å². The lowest BCUT2D eigenvalue weighted by Gasteiger charge is -2.34. The number of carbonyl (C=O) groups is 1. The summed E-state index contributed by atoms with van der Waals surface area (Å²) in [5, 5.41) is 3.06. The molecule has 1 amide bonds. The minimum atomic E-state index is -2.62. The molecule has 0 bridgehead atoms. The van der Waals surface area contributed by atoms with Gasteiger partial charge in [0.2, 0.25) is 17.8 Å². The Morgan fingerprint density at radius 3 is 2.42 bits per heavy atom. The highest BCUT2D eigenvalue weighted by Crippen LogP contribution is 2.45. The van der Waals surface area contributed by atoms with E-state index < -0.39 is 17.9 Å². The molecule has 4 N–H and O–H groups in total. The van der Waals surface area contributed by atoms with Crippen molar-refractivity contribution in [2.75, 3.05) is 0 Å². The first-order valence-corrected chi connectivity index (χ1v) is 11.9. The fraction of sp³-hybridized carbons (Fsp3) is 0.667. The average Bonchev–Trinajstić information content (AvgIpc) is 3.48. The van der Waals surface area contributed by atoms with Crippen molar-refractivity contribution in [1.82, 2.24) is 15.3 Å². The van der Waals surface area contributed by atoms with Crippen molar-refractivity contribution >= 4 is 16.9 Å². The van der Waals surface area contributed by atoms with E-state index in [0.717, 1.165) is 29.4 Å². The molecular weight excluding hydrogens is 436 g/mol. The summed E-state index contributed by atoms with van der Waals surface area (Å²) in [5.74, 6) is -4.77. The molecule has 1 aromatic heterocycles. The standard InChI is InChI=1S/C24H30F4N4O/c25-23(26)7-5-14(6-8-23)20(29)22-30-17-4-3-16(10-18(17)31-22)21(15-1-2-15)32-19(33)9-13-11-24(27,28)12-13/h3-4,10,13-15,20-21H,1-2,5-9,11-12,29H2,(H,30,31)(H,32,33)/t20-,21-/m0/s1. The maximum atomic E-state index is 13.5. The number of hydrogen-bond donors (Lipinski definition) is 3. The van der Waals surface area contributed by atoms with Crippen LogP contribution in [0.25, 0.3) is 11.0 Å². The first-order chi connectivity index (χ1) is 15.6. The van der Waals surface area contributed by atoms with Gasteiger partial charge in [-0.15, -0.1) is 0 Å². The predicted octanol–water partition coefficient (Wildman–Crippen LogP) is 5.39. The number of alkyl halides is 4. The molecule has 0 unspecified atom stereocenters. The molecule has 5 nitrogen and oxygen atoms in total. The van der Waals surface area contributed by atoms with Crippen LogP contribution >= 0.6 is 0 Å². The second kappa shape index (κ2) is 8.25. The SMILES string of the molecule is N[C@H](c1nc2ccc([C@@H](NC(=O)CC3CC(F)(F)C3)C3CC3)cc2[nH]1)C1CCC(F)(F)CC1. The molecule has 180 valence electrons. The third-order valence-electron chi connectivity index (χ3n) is 7.53. The molecule has 2 aromatic rings. The van der Waals surface area contributed by atoms with Crippen LogP contribution in [0.4, 0.5) is 17.6 Å². The molecule has 1 aromatic carbocycles. The number of nitrogens with zero attached hydrogens (tertiary/aromatic N) is 1. The van der Waals surface area contributed by atoms with Crippen molar-refractivity contribution < 1.29 is 22.4 Å². The quantitative estimate of drug-likeness (QED) is 0.479. The zero-order chi connectivity index (χ0) is 23.4. The third-order valence-corrected chi connectivity index (χ3v) is 7.53. The highest BCUT2D eigenvalue weighted by molar-refractivity contribution is 5.78. The number of halogens is 4. The zero-order valence-corrected chi connectivity index (χ0v) is 18.4. The fourth-order valence-electron chi connectivity index (χ4n) is 5.37. The lowest BCUT2D eigenvalue weighted by Crippen LogP contribution is -2.39. The van der Waals surface area contributed by atoms with Crippen molar-refractivity contribution in [3.8, 4) is 0 Å². The van der Waals surface area contributed by atoms with Crippen LogP contribution in [0.3, 0.4) is 0 Å². The summed E-state index contributed by atoms with van der Waals surface area (Å²) in [6.07, 6.45) is 2.19. The number of benzene rings is 1. The monoisotopic (exact) mass is 466 g/mol. The summed E-state index contributed by atoms with van der Waals surface area (Å²) < 4.78 is 53.1. The molecule has 3 fully saturated rings. The summed E-state index contributed by atoms with van der Waals surface area (Å²) in [4.78, 5) is 20.4. The number of fused-ring (bicyclic) bond motifs is 1. The second-order valence-electron chi connectivity index (χ2n) is 10.3. The lowest BCUT2D eigenvalue weighted by atomic mass is 9.79. The highest BCUT2D eigenvalue weighted by Gasteiger charge is 2.46. The molecular formula is C24H30F4N4O. The Kier molecular flexibility index (Phi) is 5.66. The third kappa shape index (κ3) is 5.03. The number of hydrogen-bond acceptors (Lipinski definition) is 3. The molecule has 0 aliphatic heterocycles. The van der Waals surface area contributed by atoms with E-state index in [1.165, 1.54) is 0 Å². The average molecular weight is 467 g/mol. The molecule has 33 heavy (non-hydrogen) atoms. The van der Waals surface area contributed by atoms with Gasteiger partial charge in [0, 0.05) is 32.1 Å². The van der Waals surface area contributed by atoms with Crippen LogP contribution in [0.5, 0.6) is 0 Å². The number of carbonyl (C=O) groups excluding carboxylic acids is 1. The van der Waals surface area contributed by atoms with E-state index in [2.05, 4.69) is 15.3 Å². The lowest BCUT2D eigenvalue weighted by molar-refractivity contribution is -0.134. The molecule has 1 heterocycles. The van der Waals surface area contributed by atoms with E-state index in [1.54, 1.807) is 0 Å². The van der Waals surface area contributed by atoms with Crippen LogP contribution in [-0.2, 0) is 4.79 Å². The van der Waals surface area contributed by atoms with E-state index in [1.807, 2.05) is 18.2 Å². The number of imidazole rings is 1. The van der Waals surface area contributed by atoms with Gasteiger partial charge in [-0.05, 0) is 61.1 Å². The Balaban J connectivity index is 1.27. The summed E-state index contributed by atoms with van der Waals surface area (Å²) >= 11 is 0. The molecule has 0 saturated heterocycles. The first-order valence-electron chi connectivity index (χ1n) is 11.9. The van der Waals surface area contributed by atoms with Gasteiger partial charge in [-0.2, -0.15) is 0 Å². The number of H-pyrrole nitrogens is 1. The van der Waals surface area contributed by atoms with Crippen molar-refractivity contribution in [1.29, 1.82) is 0 Å². The van der Waals surface area contributed by atoms with Crippen LogP contribution < -0.4 is 11.1 Å². The Labute approximate surface area is 189 Å². The Morgan fingerprint density at radius 2 is 1.79 bits per heavy atom. The van der Waals surface area contributed by atoms with E-state index in [9.17, 15) is 22.4 Å². The van der Waals surface area contributed by atoms with Gasteiger partial charge in [0.1, 0.15) is 5.82 Å². The van der Waals surface area contributed by atoms with Crippen LogP contribution in [0.2, 0.25) is 0 Å². The number of nitrogens with two attached hydrogens (primary N) is 1. The summed E-state index contributed by atoms with van der Waals surface area (Å²) in [5.41, 5.74) is 8.85. The van der Waals surface area contributed by atoms with Gasteiger partial charge in [-0.3, -0.25) is 4.79 Å². The van der Waals surface area contributed by atoms with E-state index in [0.29, 0.717) is 24.6 Å². The van der Waals surface area contributed by atoms with Gasteiger partial charge in [-0.1, -0.05) is 6.07 Å². The van der Waals surface area contributed by atoms with Crippen LogP contribution in [0, 0.1) is 17.8 Å². The summed E-state index contributed by atoms with van der Waals surface area (Å²) in [7, 11) is 0. The van der Waals surface area contributed by atoms with Gasteiger partial charge >= 0.3 is 0 Å². The summed E-state index contributed by atoms with van der Waals surface area (Å²) in [6.45, 7) is 0. The highest BCUT2D eigenvalue weighted by atomic mass is 19.3. The van der Waals surface area contributed by atoms with Gasteiger partial charge < -0.3 is 16.0 Å². The second-order valence-corrected chi connectivity index (χ2v) is 10.3. The van der Waals surface area contributed by atoms with Gasteiger partial charge in [0.15, 0.2) is 0 Å². The largest absolute Gasteiger partial charge is 0.349 e. The smallest absolute Gasteiger partial charge is 0.248 e. The van der Waals surface area contributed by atoms with Gasteiger partial charge in [-0.25, -0.2) is 22.5 Å². The Bertz CT molecular complexity index is 1020. The number of amides is 1. The molecule has 5 rings (SSSR count). The zero-order valence-electron chi connectivity index (χ0n) is 18.4. The van der Waals surface area contributed by atoms with Crippen molar-refractivity contribution in [2.45, 2.75) is 81.7 Å². The van der Waals surface area contributed by atoms with Crippen molar-refractivity contribution in [3.05, 3.63) is 29.6 Å². The minimum absolute atomic E-state index is 0.0398. The van der Waals surface area contributed by atoms with E-state index in [-0.39, 0.29) is 55.9 Å². The Morgan fingerprint density at radius 1 is 1.09 bits per heavy atom. The van der Waals surface area contributed by atoms with Crippen LogP contribution in [0.1, 0.15) is 81.3 Å². The minimum Gasteiger partial charge on any atom is -0.349 e. The topological polar surface area (TPSA) is 83.8 Å². The normalized spacial score (nSPS) is 24.9. The van der Waals surface area contributed by atoms with Crippen molar-refractivity contribution in [3.63, 3.8) is 0 Å². The molecule has 0 radical (unpaired) electrons. The molecule has 2 atom stereocenters. The van der Waals surface area contributed by atoms with E-state index >= 15 is 0 Å². The van der Waals surface area contributed by atoms with Gasteiger partial charge in [0.25, 0.3) is 0 Å². The van der Waals surface area contributed by atoms with Gasteiger partial charge in [0.05, 0.1) is 23.1 Å². The summed E-state index contributed by atoms with van der Waals surface area (Å²) in [6, 6.07) is 5.16. The number of nitrogens with one attached hydrogen (secondary N) is 2. The molecule has 0 spiro atoms. The maximum absolute atomic E-state index is 13.5. The first kappa shape index (κ1) is 22.6. The van der Waals surface area contributed by atoms with Crippen molar-refractivity contribution in [2.24, 2.45) is 23.5 Å². The number of aromatic nitrogens is 2. The molecule has 3 saturated carbocycles. The fourth-order valence-corrected chi connectivity index (χ4v) is 5.37. The predicted molar refractivity (Wildman–Crippen MR) is 116 cm³/mol. The molecule has 9 heteroatoms. The number of rotatable bonds is 7.